The molecule has 1 heterocycles. The molecule has 0 saturated carbocycles. The summed E-state index contributed by atoms with van der Waals surface area (Å²) in [5, 5.41) is 0. The highest BCUT2D eigenvalue weighted by molar-refractivity contribution is 7.92. The molecule has 0 fully saturated rings. The van der Waals surface area contributed by atoms with Gasteiger partial charge in [0.05, 0.1) is 10.6 Å². The highest BCUT2D eigenvalue weighted by Gasteiger charge is 2.38. The lowest BCUT2D eigenvalue weighted by Crippen LogP contribution is -2.43. The lowest BCUT2D eigenvalue weighted by molar-refractivity contribution is 0.543. The molecule has 2 unspecified atom stereocenters. The van der Waals surface area contributed by atoms with Crippen molar-refractivity contribution in [2.24, 2.45) is 0 Å². The van der Waals surface area contributed by atoms with Gasteiger partial charge in [-0.2, -0.15) is 0 Å². The van der Waals surface area contributed by atoms with Gasteiger partial charge in [-0.15, -0.1) is 0 Å². The molecule has 3 aromatic carbocycles. The Kier molecular flexibility index (Phi) is 4.76. The third kappa shape index (κ3) is 3.22. The first kappa shape index (κ1) is 18.8. The molecule has 2 atom stereocenters. The van der Waals surface area contributed by atoms with E-state index >= 15 is 0 Å². The Balaban J connectivity index is 1.86. The summed E-state index contributed by atoms with van der Waals surface area (Å²) >= 11 is 0. The van der Waals surface area contributed by atoms with E-state index in [4.69, 9.17) is 0 Å². The van der Waals surface area contributed by atoms with Crippen molar-refractivity contribution in [2.75, 3.05) is 4.31 Å². The molecule has 0 saturated heterocycles. The van der Waals surface area contributed by atoms with Crippen molar-refractivity contribution in [3.05, 3.63) is 95.1 Å². The number of aryl methyl sites for hydroxylation is 2. The van der Waals surface area contributed by atoms with Crippen molar-refractivity contribution in [3.63, 3.8) is 0 Å². The summed E-state index contributed by atoms with van der Waals surface area (Å²) in [4.78, 5) is 0.342. The molecule has 0 bridgehead atoms. The Morgan fingerprint density at radius 1 is 0.857 bits per heavy atom. The van der Waals surface area contributed by atoms with Gasteiger partial charge in [0.25, 0.3) is 10.0 Å². The van der Waals surface area contributed by atoms with Gasteiger partial charge in [0, 0.05) is 12.0 Å². The van der Waals surface area contributed by atoms with Crippen LogP contribution in [0.5, 0.6) is 0 Å². The highest BCUT2D eigenvalue weighted by Crippen LogP contribution is 2.44. The maximum absolute atomic E-state index is 13.5. The summed E-state index contributed by atoms with van der Waals surface area (Å²) in [5.74, 6) is 0.190. The fourth-order valence-electron chi connectivity index (χ4n) is 4.15. The third-order valence-corrected chi connectivity index (χ3v) is 7.50. The standard InChI is InChI=1S/C24H25NO2S/c1-17-9-12-21(13-10-17)28(26,27)25-19(3)16-22(20-7-5-4-6-8-20)23-15-18(2)11-14-24(23)25/h4-15,19,22H,16H2,1-3H3. The number of benzene rings is 3. The van der Waals surface area contributed by atoms with Crippen LogP contribution in [0.3, 0.4) is 0 Å². The Labute approximate surface area is 167 Å². The Morgan fingerprint density at radius 2 is 1.50 bits per heavy atom. The van der Waals surface area contributed by atoms with Crippen LogP contribution in [-0.4, -0.2) is 14.5 Å². The van der Waals surface area contributed by atoms with Crippen molar-refractivity contribution in [3.8, 4) is 0 Å². The molecular weight excluding hydrogens is 366 g/mol. The van der Waals surface area contributed by atoms with Gasteiger partial charge in [0.1, 0.15) is 0 Å². The molecule has 1 aliphatic rings. The Morgan fingerprint density at radius 3 is 2.18 bits per heavy atom. The molecule has 144 valence electrons. The number of hydrogen-bond donors (Lipinski definition) is 0. The van der Waals surface area contributed by atoms with Crippen LogP contribution in [0, 0.1) is 13.8 Å². The van der Waals surface area contributed by atoms with Gasteiger partial charge < -0.3 is 0 Å². The number of sulfonamides is 1. The van der Waals surface area contributed by atoms with E-state index in [0.29, 0.717) is 4.90 Å². The fourth-order valence-corrected chi connectivity index (χ4v) is 5.84. The Hall–Kier alpha value is -2.59. The molecule has 0 radical (unpaired) electrons. The molecule has 0 aromatic heterocycles. The molecule has 4 rings (SSSR count). The predicted molar refractivity (Wildman–Crippen MR) is 114 cm³/mol. The van der Waals surface area contributed by atoms with E-state index in [1.165, 1.54) is 5.56 Å². The van der Waals surface area contributed by atoms with Gasteiger partial charge in [-0.3, -0.25) is 4.31 Å². The average Bonchev–Trinajstić information content (AvgIpc) is 2.68. The van der Waals surface area contributed by atoms with Crippen LogP contribution < -0.4 is 4.31 Å². The zero-order chi connectivity index (χ0) is 19.9. The molecular formula is C24H25NO2S. The van der Waals surface area contributed by atoms with Gasteiger partial charge in [0.15, 0.2) is 0 Å². The second-order valence-corrected chi connectivity index (χ2v) is 9.54. The van der Waals surface area contributed by atoms with Gasteiger partial charge in [-0.05, 0) is 56.5 Å². The number of nitrogens with zero attached hydrogens (tertiary/aromatic N) is 1. The molecule has 4 heteroatoms. The number of rotatable bonds is 3. The largest absolute Gasteiger partial charge is 0.264 e. The smallest absolute Gasteiger partial charge is 0.263 e. The van der Waals surface area contributed by atoms with E-state index in [1.807, 2.05) is 56.3 Å². The zero-order valence-corrected chi connectivity index (χ0v) is 17.3. The van der Waals surface area contributed by atoms with Gasteiger partial charge >= 0.3 is 0 Å². The minimum absolute atomic E-state index is 0.133. The van der Waals surface area contributed by atoms with Crippen molar-refractivity contribution in [1.82, 2.24) is 0 Å². The topological polar surface area (TPSA) is 37.4 Å². The minimum atomic E-state index is -3.63. The summed E-state index contributed by atoms with van der Waals surface area (Å²) in [6.07, 6.45) is 0.756. The SMILES string of the molecule is Cc1ccc(S(=O)(=O)N2c3ccc(C)cc3C(c3ccccc3)CC2C)cc1. The molecule has 0 N–H and O–H groups in total. The van der Waals surface area contributed by atoms with Gasteiger partial charge in [0.2, 0.25) is 0 Å². The van der Waals surface area contributed by atoms with Crippen LogP contribution in [0.4, 0.5) is 5.69 Å². The molecule has 28 heavy (non-hydrogen) atoms. The molecule has 3 nitrogen and oxygen atoms in total. The quantitative estimate of drug-likeness (QED) is 0.597. The lowest BCUT2D eigenvalue weighted by atomic mass is 9.82. The van der Waals surface area contributed by atoms with Crippen molar-refractivity contribution in [1.29, 1.82) is 0 Å². The maximum Gasteiger partial charge on any atom is 0.264 e. The van der Waals surface area contributed by atoms with E-state index in [1.54, 1.807) is 16.4 Å². The highest BCUT2D eigenvalue weighted by atomic mass is 32.2. The second-order valence-electron chi connectivity index (χ2n) is 7.72. The first-order chi connectivity index (χ1) is 13.4. The predicted octanol–water partition coefficient (Wildman–Crippen LogP) is 5.42. The number of fused-ring (bicyclic) bond motifs is 1. The van der Waals surface area contributed by atoms with E-state index in [-0.39, 0.29) is 12.0 Å². The average molecular weight is 392 g/mol. The first-order valence-corrected chi connectivity index (χ1v) is 11.1. The number of hydrogen-bond acceptors (Lipinski definition) is 2. The van der Waals surface area contributed by atoms with Crippen LogP contribution in [0.25, 0.3) is 0 Å². The van der Waals surface area contributed by atoms with E-state index in [2.05, 4.69) is 25.1 Å². The van der Waals surface area contributed by atoms with Crippen LogP contribution in [0.1, 0.15) is 41.5 Å². The summed E-state index contributed by atoms with van der Waals surface area (Å²) in [6, 6.07) is 23.4. The normalized spacial score (nSPS) is 19.3. The van der Waals surface area contributed by atoms with Crippen LogP contribution >= 0.6 is 0 Å². The molecule has 0 spiro atoms. The summed E-state index contributed by atoms with van der Waals surface area (Å²) in [6.45, 7) is 6.02. The monoisotopic (exact) mass is 391 g/mol. The van der Waals surface area contributed by atoms with Gasteiger partial charge in [-0.1, -0.05) is 65.7 Å². The second kappa shape index (κ2) is 7.10. The molecule has 3 aromatic rings. The summed E-state index contributed by atoms with van der Waals surface area (Å²) in [7, 11) is -3.63. The van der Waals surface area contributed by atoms with Crippen LogP contribution in [0.15, 0.2) is 77.7 Å². The minimum Gasteiger partial charge on any atom is -0.263 e. The maximum atomic E-state index is 13.5. The van der Waals surface area contributed by atoms with Crippen molar-refractivity contribution in [2.45, 2.75) is 44.0 Å². The number of anilines is 1. The first-order valence-electron chi connectivity index (χ1n) is 9.64. The van der Waals surface area contributed by atoms with E-state index in [0.717, 1.165) is 28.8 Å². The third-order valence-electron chi connectivity index (χ3n) is 5.55. The zero-order valence-electron chi connectivity index (χ0n) is 16.5. The van der Waals surface area contributed by atoms with Crippen LogP contribution in [0.2, 0.25) is 0 Å². The molecule has 0 aliphatic carbocycles. The van der Waals surface area contributed by atoms with Crippen molar-refractivity contribution < 1.29 is 8.42 Å². The molecule has 0 amide bonds. The van der Waals surface area contributed by atoms with Crippen molar-refractivity contribution >= 4 is 15.7 Å². The lowest BCUT2D eigenvalue weighted by Gasteiger charge is -2.40. The molecule has 1 aliphatic heterocycles. The fraction of sp³-hybridized carbons (Fsp3) is 0.250. The Bertz CT molecular complexity index is 1090. The van der Waals surface area contributed by atoms with E-state index in [9.17, 15) is 8.42 Å². The summed E-state index contributed by atoms with van der Waals surface area (Å²) < 4.78 is 28.7. The van der Waals surface area contributed by atoms with Crippen LogP contribution in [-0.2, 0) is 10.0 Å². The summed E-state index contributed by atoms with van der Waals surface area (Å²) in [5.41, 5.74) is 5.29. The van der Waals surface area contributed by atoms with E-state index < -0.39 is 10.0 Å². The van der Waals surface area contributed by atoms with Gasteiger partial charge in [-0.25, -0.2) is 8.42 Å².